The summed E-state index contributed by atoms with van der Waals surface area (Å²) in [4.78, 5) is -0.177. The quantitative estimate of drug-likeness (QED) is 0.813. The molecule has 0 fully saturated rings. The van der Waals surface area contributed by atoms with Gasteiger partial charge in [-0.05, 0) is 19.1 Å². The van der Waals surface area contributed by atoms with Crippen LogP contribution in [0.2, 0.25) is 10.0 Å². The van der Waals surface area contributed by atoms with Crippen LogP contribution in [0.1, 0.15) is 6.92 Å². The number of rotatable bonds is 5. The summed E-state index contributed by atoms with van der Waals surface area (Å²) < 4.78 is 31.4. The molecule has 1 aromatic carbocycles. The van der Waals surface area contributed by atoms with Gasteiger partial charge in [0.2, 0.25) is 10.0 Å². The summed E-state index contributed by atoms with van der Waals surface area (Å²) in [5.41, 5.74) is 5.81. The van der Waals surface area contributed by atoms with E-state index in [1.54, 1.807) is 6.92 Å². The number of sulfonamides is 1. The highest BCUT2D eigenvalue weighted by Crippen LogP contribution is 2.31. The largest absolute Gasteiger partial charge is 0.399 e. The SMILES string of the molecule is COC(C)CNS(=O)(=O)c1c(Cl)cc(N)cc1Cl. The molecule has 0 saturated heterocycles. The maximum absolute atomic E-state index is 12.0. The number of anilines is 1. The number of ether oxygens (including phenoxy) is 1. The Labute approximate surface area is 116 Å². The summed E-state index contributed by atoms with van der Waals surface area (Å²) in [5, 5.41) is -0.0323. The number of benzene rings is 1. The number of nitrogens with one attached hydrogen (secondary N) is 1. The standard InChI is InChI=1S/C10H14Cl2N2O3S/c1-6(17-2)5-14-18(15,16)10-8(11)3-7(13)4-9(10)12/h3-4,6,14H,5,13H2,1-2H3. The van der Waals surface area contributed by atoms with Crippen LogP contribution >= 0.6 is 23.2 Å². The van der Waals surface area contributed by atoms with Gasteiger partial charge >= 0.3 is 0 Å². The number of nitrogens with two attached hydrogens (primary N) is 1. The Kier molecular flexibility index (Phi) is 5.24. The Morgan fingerprint density at radius 2 is 1.89 bits per heavy atom. The van der Waals surface area contributed by atoms with Crippen molar-refractivity contribution >= 4 is 38.9 Å². The molecule has 0 radical (unpaired) electrons. The van der Waals surface area contributed by atoms with Crippen molar-refractivity contribution in [3.63, 3.8) is 0 Å². The molecule has 102 valence electrons. The lowest BCUT2D eigenvalue weighted by atomic mass is 10.3. The van der Waals surface area contributed by atoms with Crippen LogP contribution in [-0.4, -0.2) is 28.2 Å². The van der Waals surface area contributed by atoms with Gasteiger partial charge in [-0.1, -0.05) is 23.2 Å². The Morgan fingerprint density at radius 3 is 2.33 bits per heavy atom. The van der Waals surface area contributed by atoms with Crippen molar-refractivity contribution in [2.24, 2.45) is 0 Å². The van der Waals surface area contributed by atoms with E-state index in [-0.39, 0.29) is 27.6 Å². The van der Waals surface area contributed by atoms with Gasteiger partial charge in [-0.15, -0.1) is 0 Å². The molecule has 0 aliphatic carbocycles. The zero-order valence-corrected chi connectivity index (χ0v) is 12.2. The molecule has 0 aliphatic rings. The maximum atomic E-state index is 12.0. The number of hydrogen-bond donors (Lipinski definition) is 2. The fraction of sp³-hybridized carbons (Fsp3) is 0.400. The van der Waals surface area contributed by atoms with Gasteiger partial charge < -0.3 is 10.5 Å². The summed E-state index contributed by atoms with van der Waals surface area (Å²) in [5.74, 6) is 0. The van der Waals surface area contributed by atoms with E-state index in [0.29, 0.717) is 5.69 Å². The van der Waals surface area contributed by atoms with Crippen LogP contribution in [0.3, 0.4) is 0 Å². The Hall–Kier alpha value is -0.530. The van der Waals surface area contributed by atoms with Gasteiger partial charge in [0.1, 0.15) is 4.90 Å². The molecule has 5 nitrogen and oxygen atoms in total. The van der Waals surface area contributed by atoms with Crippen molar-refractivity contribution in [3.05, 3.63) is 22.2 Å². The van der Waals surface area contributed by atoms with Gasteiger partial charge in [-0.25, -0.2) is 13.1 Å². The lowest BCUT2D eigenvalue weighted by molar-refractivity contribution is 0.122. The molecule has 1 rings (SSSR count). The van der Waals surface area contributed by atoms with E-state index in [1.807, 2.05) is 0 Å². The van der Waals surface area contributed by atoms with Crippen molar-refractivity contribution in [3.8, 4) is 0 Å². The van der Waals surface area contributed by atoms with Crippen molar-refractivity contribution in [1.82, 2.24) is 4.72 Å². The molecule has 0 aromatic heterocycles. The van der Waals surface area contributed by atoms with E-state index in [2.05, 4.69) is 4.72 Å². The first-order chi connectivity index (χ1) is 8.27. The van der Waals surface area contributed by atoms with Crippen LogP contribution in [0, 0.1) is 0 Å². The van der Waals surface area contributed by atoms with Crippen LogP contribution in [0.4, 0.5) is 5.69 Å². The number of methoxy groups -OCH3 is 1. The summed E-state index contributed by atoms with van der Waals surface area (Å²) in [7, 11) is -2.30. The van der Waals surface area contributed by atoms with Gasteiger partial charge in [0, 0.05) is 19.3 Å². The number of nitrogen functional groups attached to an aromatic ring is 1. The second-order valence-electron chi connectivity index (χ2n) is 3.71. The highest BCUT2D eigenvalue weighted by molar-refractivity contribution is 7.89. The Balaban J connectivity index is 3.06. The minimum Gasteiger partial charge on any atom is -0.399 e. The minimum atomic E-state index is -3.79. The van der Waals surface area contributed by atoms with Crippen molar-refractivity contribution in [2.75, 3.05) is 19.4 Å². The maximum Gasteiger partial charge on any atom is 0.243 e. The highest BCUT2D eigenvalue weighted by Gasteiger charge is 2.22. The molecule has 0 heterocycles. The lowest BCUT2D eigenvalue weighted by Crippen LogP contribution is -2.32. The Morgan fingerprint density at radius 1 is 1.39 bits per heavy atom. The molecule has 3 N–H and O–H groups in total. The predicted octanol–water partition coefficient (Wildman–Crippen LogP) is 1.89. The van der Waals surface area contributed by atoms with Crippen molar-refractivity contribution in [1.29, 1.82) is 0 Å². The first kappa shape index (κ1) is 15.5. The molecule has 1 aromatic rings. The summed E-state index contributed by atoms with van der Waals surface area (Å²) in [6.45, 7) is 1.85. The van der Waals surface area contributed by atoms with E-state index in [0.717, 1.165) is 0 Å². The van der Waals surface area contributed by atoms with Gasteiger partial charge in [-0.3, -0.25) is 0 Å². The van der Waals surface area contributed by atoms with Crippen LogP contribution in [0.25, 0.3) is 0 Å². The van der Waals surface area contributed by atoms with E-state index >= 15 is 0 Å². The molecule has 0 aliphatic heterocycles. The van der Waals surface area contributed by atoms with Crippen LogP contribution in [0.15, 0.2) is 17.0 Å². The molecule has 0 spiro atoms. The molecular weight excluding hydrogens is 299 g/mol. The zero-order valence-electron chi connectivity index (χ0n) is 9.91. The molecule has 18 heavy (non-hydrogen) atoms. The average Bonchev–Trinajstić information content (AvgIpc) is 2.24. The molecular formula is C10H14Cl2N2O3S. The fourth-order valence-electron chi connectivity index (χ4n) is 1.22. The molecule has 1 unspecified atom stereocenters. The lowest BCUT2D eigenvalue weighted by Gasteiger charge is -2.13. The van der Waals surface area contributed by atoms with Gasteiger partial charge in [0.15, 0.2) is 0 Å². The highest BCUT2D eigenvalue weighted by atomic mass is 35.5. The monoisotopic (exact) mass is 312 g/mol. The molecule has 8 heteroatoms. The van der Waals surface area contributed by atoms with E-state index < -0.39 is 10.0 Å². The predicted molar refractivity (Wildman–Crippen MR) is 72.5 cm³/mol. The third kappa shape index (κ3) is 3.73. The first-order valence-corrected chi connectivity index (χ1v) is 7.29. The fourth-order valence-corrected chi connectivity index (χ4v) is 3.56. The zero-order chi connectivity index (χ0) is 13.9. The minimum absolute atomic E-state index is 0.0161. The summed E-state index contributed by atoms with van der Waals surface area (Å²) >= 11 is 11.7. The third-order valence-corrected chi connectivity index (χ3v) is 4.60. The molecule has 1 atom stereocenters. The first-order valence-electron chi connectivity index (χ1n) is 5.05. The van der Waals surface area contributed by atoms with Gasteiger partial charge in [0.25, 0.3) is 0 Å². The van der Waals surface area contributed by atoms with Crippen molar-refractivity contribution in [2.45, 2.75) is 17.9 Å². The van der Waals surface area contributed by atoms with E-state index in [1.165, 1.54) is 19.2 Å². The summed E-state index contributed by atoms with van der Waals surface area (Å²) in [6.07, 6.45) is -0.258. The second kappa shape index (κ2) is 6.08. The van der Waals surface area contributed by atoms with Crippen LogP contribution < -0.4 is 10.5 Å². The number of halogens is 2. The normalized spacial score (nSPS) is 13.6. The molecule has 0 amide bonds. The van der Waals surface area contributed by atoms with Gasteiger partial charge in [-0.2, -0.15) is 0 Å². The van der Waals surface area contributed by atoms with Crippen LogP contribution in [-0.2, 0) is 14.8 Å². The number of hydrogen-bond acceptors (Lipinski definition) is 4. The molecule has 0 bridgehead atoms. The Bertz CT molecular complexity index is 511. The topological polar surface area (TPSA) is 81.4 Å². The van der Waals surface area contributed by atoms with Gasteiger partial charge in [0.05, 0.1) is 16.1 Å². The van der Waals surface area contributed by atoms with E-state index in [9.17, 15) is 8.42 Å². The van der Waals surface area contributed by atoms with Crippen LogP contribution in [0.5, 0.6) is 0 Å². The van der Waals surface area contributed by atoms with Crippen molar-refractivity contribution < 1.29 is 13.2 Å². The average molecular weight is 313 g/mol. The molecule has 0 saturated carbocycles. The third-order valence-electron chi connectivity index (χ3n) is 2.25. The second-order valence-corrected chi connectivity index (χ2v) is 6.23. The summed E-state index contributed by atoms with van der Waals surface area (Å²) in [6, 6.07) is 2.67. The van der Waals surface area contributed by atoms with E-state index in [4.69, 9.17) is 33.7 Å². The smallest absolute Gasteiger partial charge is 0.243 e.